The minimum atomic E-state index is -0.567. The summed E-state index contributed by atoms with van der Waals surface area (Å²) in [6, 6.07) is 5.07. The first-order valence-electron chi connectivity index (χ1n) is 6.48. The molecule has 1 aliphatic rings. The molecule has 3 rings (SSSR count). The fraction of sp³-hybridized carbons (Fsp3) is 0.231. The minimum absolute atomic E-state index is 0.123. The molecule has 0 saturated heterocycles. The summed E-state index contributed by atoms with van der Waals surface area (Å²) in [4.78, 5) is 21.9. The van der Waals surface area contributed by atoms with Crippen LogP contribution >= 0.6 is 0 Å². The number of carbonyl (C=O) groups is 1. The maximum absolute atomic E-state index is 11.9. The first-order valence-corrected chi connectivity index (χ1v) is 6.48. The highest BCUT2D eigenvalue weighted by Crippen LogP contribution is 2.32. The van der Waals surface area contributed by atoms with E-state index < -0.39 is 4.92 Å². The Bertz CT molecular complexity index is 727. The zero-order valence-corrected chi connectivity index (χ0v) is 11.4. The summed E-state index contributed by atoms with van der Waals surface area (Å²) in [6.07, 6.45) is 2.29. The van der Waals surface area contributed by atoms with Crippen LogP contribution < -0.4 is 14.8 Å². The van der Waals surface area contributed by atoms with E-state index in [2.05, 4.69) is 10.4 Å². The molecular weight excluding hydrogens is 292 g/mol. The van der Waals surface area contributed by atoms with Crippen LogP contribution in [0.4, 0.5) is 11.4 Å². The highest BCUT2D eigenvalue weighted by atomic mass is 16.6. The topological polar surface area (TPSA) is 109 Å². The van der Waals surface area contributed by atoms with Gasteiger partial charge in [-0.2, -0.15) is 5.10 Å². The summed E-state index contributed by atoms with van der Waals surface area (Å²) in [7, 11) is 0. The Kier molecular flexibility index (Phi) is 3.60. The molecule has 0 saturated carbocycles. The van der Waals surface area contributed by atoms with Crippen molar-refractivity contribution in [2.24, 2.45) is 0 Å². The van der Waals surface area contributed by atoms with Crippen LogP contribution in [0.3, 0.4) is 0 Å². The quantitative estimate of drug-likeness (QED) is 0.671. The van der Waals surface area contributed by atoms with Crippen LogP contribution in [0.15, 0.2) is 30.6 Å². The van der Waals surface area contributed by atoms with Crippen molar-refractivity contribution in [2.75, 3.05) is 18.5 Å². The summed E-state index contributed by atoms with van der Waals surface area (Å²) < 4.78 is 12.0. The van der Waals surface area contributed by atoms with E-state index in [0.717, 1.165) is 6.20 Å². The third-order valence-electron chi connectivity index (χ3n) is 2.96. The molecule has 9 nitrogen and oxygen atoms in total. The molecule has 0 aliphatic carbocycles. The Morgan fingerprint density at radius 3 is 2.86 bits per heavy atom. The van der Waals surface area contributed by atoms with Crippen LogP contribution in [-0.4, -0.2) is 33.8 Å². The molecule has 1 aromatic heterocycles. The number of ether oxygens (including phenoxy) is 2. The summed E-state index contributed by atoms with van der Waals surface area (Å²) in [5.74, 6) is 0.848. The van der Waals surface area contributed by atoms with E-state index in [1.54, 1.807) is 18.2 Å². The minimum Gasteiger partial charge on any atom is -0.486 e. The number of aromatic nitrogens is 2. The number of nitrogens with one attached hydrogen (secondary N) is 1. The highest BCUT2D eigenvalue weighted by Gasteiger charge is 2.14. The largest absolute Gasteiger partial charge is 0.486 e. The second kappa shape index (κ2) is 5.72. The number of carbonyl (C=O) groups excluding carboxylic acids is 1. The van der Waals surface area contributed by atoms with Crippen LogP contribution in [0.1, 0.15) is 0 Å². The fourth-order valence-corrected chi connectivity index (χ4v) is 2.00. The average Bonchev–Trinajstić information content (AvgIpc) is 2.95. The Labute approximate surface area is 124 Å². The lowest BCUT2D eigenvalue weighted by atomic mass is 10.2. The molecule has 0 fully saturated rings. The summed E-state index contributed by atoms with van der Waals surface area (Å²) in [5, 5.41) is 17.0. The summed E-state index contributed by atoms with van der Waals surface area (Å²) in [5.41, 5.74) is 0.392. The third-order valence-corrected chi connectivity index (χ3v) is 2.96. The lowest BCUT2D eigenvalue weighted by Gasteiger charge is -2.19. The van der Waals surface area contributed by atoms with Gasteiger partial charge in [0.2, 0.25) is 5.91 Å². The normalized spacial score (nSPS) is 12.7. The Hall–Kier alpha value is -3.10. The molecule has 1 N–H and O–H groups in total. The molecule has 0 spiro atoms. The van der Waals surface area contributed by atoms with E-state index in [4.69, 9.17) is 9.47 Å². The second-order valence-electron chi connectivity index (χ2n) is 4.56. The Balaban J connectivity index is 1.65. The molecule has 2 aromatic rings. The van der Waals surface area contributed by atoms with Crippen LogP contribution in [-0.2, 0) is 11.3 Å². The number of nitro groups is 1. The lowest BCUT2D eigenvalue weighted by molar-refractivity contribution is -0.385. The number of benzene rings is 1. The maximum atomic E-state index is 11.9. The molecule has 22 heavy (non-hydrogen) atoms. The molecule has 114 valence electrons. The van der Waals surface area contributed by atoms with Gasteiger partial charge in [-0.05, 0) is 12.1 Å². The molecule has 0 unspecified atom stereocenters. The predicted molar refractivity (Wildman–Crippen MR) is 74.9 cm³/mol. The van der Waals surface area contributed by atoms with Gasteiger partial charge in [-0.25, -0.2) is 0 Å². The third kappa shape index (κ3) is 2.97. The molecular formula is C13H12N4O5. The van der Waals surface area contributed by atoms with Crippen molar-refractivity contribution < 1.29 is 19.2 Å². The van der Waals surface area contributed by atoms with Crippen molar-refractivity contribution in [3.63, 3.8) is 0 Å². The van der Waals surface area contributed by atoms with Crippen LogP contribution in [0, 0.1) is 10.1 Å². The molecule has 2 heterocycles. The van der Waals surface area contributed by atoms with Crippen molar-refractivity contribution in [2.45, 2.75) is 6.54 Å². The van der Waals surface area contributed by atoms with Gasteiger partial charge in [0, 0.05) is 11.8 Å². The Morgan fingerprint density at radius 1 is 1.36 bits per heavy atom. The molecule has 0 bridgehead atoms. The first kappa shape index (κ1) is 13.9. The van der Waals surface area contributed by atoms with Crippen LogP contribution in [0.5, 0.6) is 11.5 Å². The van der Waals surface area contributed by atoms with E-state index in [0.29, 0.717) is 30.4 Å². The van der Waals surface area contributed by atoms with Crippen molar-refractivity contribution >= 4 is 17.3 Å². The maximum Gasteiger partial charge on any atom is 0.307 e. The number of rotatable bonds is 4. The van der Waals surface area contributed by atoms with Gasteiger partial charge in [-0.3, -0.25) is 19.6 Å². The first-order chi connectivity index (χ1) is 10.6. The van der Waals surface area contributed by atoms with Gasteiger partial charge >= 0.3 is 5.69 Å². The van der Waals surface area contributed by atoms with Crippen LogP contribution in [0.25, 0.3) is 0 Å². The Morgan fingerprint density at radius 2 is 2.14 bits per heavy atom. The molecule has 0 atom stereocenters. The smallest absolute Gasteiger partial charge is 0.307 e. The number of anilines is 1. The number of amides is 1. The molecule has 1 amide bonds. The van der Waals surface area contributed by atoms with Crippen molar-refractivity contribution in [1.29, 1.82) is 0 Å². The predicted octanol–water partition coefficient (Wildman–Crippen LogP) is 1.20. The van der Waals surface area contributed by atoms with Crippen LogP contribution in [0.2, 0.25) is 0 Å². The zero-order valence-electron chi connectivity index (χ0n) is 11.4. The van der Waals surface area contributed by atoms with Gasteiger partial charge in [0.25, 0.3) is 0 Å². The standard InChI is InChI=1S/C13H12N4O5/c18-13(8-16-7-10(6-14-16)17(19)20)15-9-1-2-11-12(5-9)22-4-3-21-11/h1-2,5-7H,3-4,8H2,(H,15,18). The highest BCUT2D eigenvalue weighted by molar-refractivity contribution is 5.90. The molecule has 1 aromatic carbocycles. The monoisotopic (exact) mass is 304 g/mol. The van der Waals surface area contributed by atoms with Gasteiger partial charge in [0.05, 0.1) is 4.92 Å². The van der Waals surface area contributed by atoms with Crippen molar-refractivity contribution in [3.8, 4) is 11.5 Å². The van der Waals surface area contributed by atoms with E-state index >= 15 is 0 Å². The fourth-order valence-electron chi connectivity index (χ4n) is 2.00. The SMILES string of the molecule is O=C(Cn1cc([N+](=O)[O-])cn1)Nc1ccc2c(c1)OCCO2. The summed E-state index contributed by atoms with van der Waals surface area (Å²) >= 11 is 0. The van der Waals surface area contributed by atoms with Gasteiger partial charge in [0.15, 0.2) is 11.5 Å². The molecule has 9 heteroatoms. The summed E-state index contributed by atoms with van der Waals surface area (Å²) in [6.45, 7) is 0.834. The number of nitrogens with zero attached hydrogens (tertiary/aromatic N) is 3. The van der Waals surface area contributed by atoms with Gasteiger partial charge in [-0.1, -0.05) is 0 Å². The van der Waals surface area contributed by atoms with Gasteiger partial charge < -0.3 is 14.8 Å². The lowest BCUT2D eigenvalue weighted by Crippen LogP contribution is -2.19. The number of hydrogen-bond donors (Lipinski definition) is 1. The van der Waals surface area contributed by atoms with E-state index in [9.17, 15) is 14.9 Å². The van der Waals surface area contributed by atoms with Crippen molar-refractivity contribution in [3.05, 3.63) is 40.7 Å². The van der Waals surface area contributed by atoms with Gasteiger partial charge in [-0.15, -0.1) is 0 Å². The number of fused-ring (bicyclic) bond motifs is 1. The van der Waals surface area contributed by atoms with Crippen molar-refractivity contribution in [1.82, 2.24) is 9.78 Å². The zero-order chi connectivity index (χ0) is 15.5. The van der Waals surface area contributed by atoms with E-state index in [1.165, 1.54) is 10.9 Å². The number of hydrogen-bond acceptors (Lipinski definition) is 6. The molecule has 1 aliphatic heterocycles. The molecule has 0 radical (unpaired) electrons. The van der Waals surface area contributed by atoms with E-state index in [-0.39, 0.29) is 18.1 Å². The second-order valence-corrected chi connectivity index (χ2v) is 4.56. The average molecular weight is 304 g/mol. The van der Waals surface area contributed by atoms with E-state index in [1.807, 2.05) is 0 Å². The van der Waals surface area contributed by atoms with Gasteiger partial charge in [0.1, 0.15) is 32.2 Å².